The van der Waals surface area contributed by atoms with Gasteiger partial charge < -0.3 is 10.6 Å². The summed E-state index contributed by atoms with van der Waals surface area (Å²) in [6.07, 6.45) is 2.05. The number of nitrogens with zero attached hydrogens (tertiary/aromatic N) is 2. The lowest BCUT2D eigenvalue weighted by atomic mass is 9.95. The van der Waals surface area contributed by atoms with E-state index in [4.69, 9.17) is 0 Å². The van der Waals surface area contributed by atoms with Gasteiger partial charge >= 0.3 is 0 Å². The molecular weight excluding hydrogens is 240 g/mol. The van der Waals surface area contributed by atoms with Crippen molar-refractivity contribution < 1.29 is 4.79 Å². The van der Waals surface area contributed by atoms with Gasteiger partial charge in [0.1, 0.15) is 0 Å². The lowest BCUT2D eigenvalue weighted by Crippen LogP contribution is -2.43. The zero-order chi connectivity index (χ0) is 14.0. The van der Waals surface area contributed by atoms with Crippen molar-refractivity contribution in [3.63, 3.8) is 0 Å². The number of aryl methyl sites for hydroxylation is 2. The van der Waals surface area contributed by atoms with Gasteiger partial charge in [-0.3, -0.25) is 9.48 Å². The molecule has 5 nitrogen and oxygen atoms in total. The van der Waals surface area contributed by atoms with Crippen LogP contribution in [0.5, 0.6) is 0 Å². The molecule has 1 aliphatic rings. The molecule has 0 spiro atoms. The van der Waals surface area contributed by atoms with Gasteiger partial charge in [0.25, 0.3) is 0 Å². The molecule has 2 atom stereocenters. The van der Waals surface area contributed by atoms with Crippen LogP contribution in [0.3, 0.4) is 0 Å². The second-order valence-electron chi connectivity index (χ2n) is 5.57. The molecule has 1 aliphatic heterocycles. The third-order valence-electron chi connectivity index (χ3n) is 4.13. The Morgan fingerprint density at radius 2 is 2.21 bits per heavy atom. The molecular formula is C14H24N4O. The van der Waals surface area contributed by atoms with Crippen molar-refractivity contribution in [3.05, 3.63) is 17.0 Å². The topological polar surface area (TPSA) is 59.0 Å². The lowest BCUT2D eigenvalue weighted by molar-refractivity contribution is -0.125. The van der Waals surface area contributed by atoms with Gasteiger partial charge in [0.15, 0.2) is 0 Å². The average molecular weight is 264 g/mol. The van der Waals surface area contributed by atoms with Crippen LogP contribution in [0.25, 0.3) is 0 Å². The molecule has 1 fully saturated rings. The van der Waals surface area contributed by atoms with Crippen LogP contribution in [0.1, 0.15) is 36.7 Å². The summed E-state index contributed by atoms with van der Waals surface area (Å²) in [6.45, 7) is 7.55. The van der Waals surface area contributed by atoms with E-state index in [9.17, 15) is 4.79 Å². The van der Waals surface area contributed by atoms with Crippen LogP contribution >= 0.6 is 0 Å². The Labute approximate surface area is 114 Å². The second-order valence-corrected chi connectivity index (χ2v) is 5.57. The summed E-state index contributed by atoms with van der Waals surface area (Å²) in [6, 6.07) is 0.534. The molecule has 0 radical (unpaired) electrons. The molecule has 106 valence electrons. The van der Waals surface area contributed by atoms with Crippen molar-refractivity contribution in [1.29, 1.82) is 0 Å². The van der Waals surface area contributed by atoms with E-state index in [1.54, 1.807) is 0 Å². The monoisotopic (exact) mass is 264 g/mol. The average Bonchev–Trinajstić information content (AvgIpc) is 2.62. The van der Waals surface area contributed by atoms with E-state index in [0.29, 0.717) is 12.6 Å². The number of nitrogens with one attached hydrogen (secondary N) is 2. The third kappa shape index (κ3) is 3.15. The minimum absolute atomic E-state index is 0.105. The van der Waals surface area contributed by atoms with E-state index in [2.05, 4.69) is 22.7 Å². The highest BCUT2D eigenvalue weighted by Gasteiger charge is 2.24. The highest BCUT2D eigenvalue weighted by molar-refractivity contribution is 5.79. The lowest BCUT2D eigenvalue weighted by Gasteiger charge is -2.26. The Morgan fingerprint density at radius 1 is 1.47 bits per heavy atom. The maximum atomic E-state index is 12.1. The van der Waals surface area contributed by atoms with Gasteiger partial charge in [0.05, 0.1) is 11.6 Å². The van der Waals surface area contributed by atoms with Crippen molar-refractivity contribution in [2.75, 3.05) is 6.54 Å². The Kier molecular flexibility index (Phi) is 4.24. The predicted octanol–water partition coefficient (Wildman–Crippen LogP) is 1.04. The molecule has 2 heterocycles. The van der Waals surface area contributed by atoms with Gasteiger partial charge in [-0.2, -0.15) is 5.10 Å². The van der Waals surface area contributed by atoms with E-state index in [1.807, 2.05) is 25.6 Å². The van der Waals surface area contributed by atoms with Crippen molar-refractivity contribution in [2.24, 2.45) is 13.0 Å². The van der Waals surface area contributed by atoms with Crippen LogP contribution < -0.4 is 10.6 Å². The molecule has 0 aliphatic carbocycles. The highest BCUT2D eigenvalue weighted by Crippen LogP contribution is 2.15. The molecule has 0 bridgehead atoms. The molecule has 1 aromatic heterocycles. The zero-order valence-corrected chi connectivity index (χ0v) is 12.3. The highest BCUT2D eigenvalue weighted by atomic mass is 16.1. The summed E-state index contributed by atoms with van der Waals surface area (Å²) in [5.74, 6) is 0.260. The number of aromatic nitrogens is 2. The largest absolute Gasteiger partial charge is 0.352 e. The predicted molar refractivity (Wildman–Crippen MR) is 74.7 cm³/mol. The van der Waals surface area contributed by atoms with Crippen molar-refractivity contribution >= 4 is 5.91 Å². The molecule has 2 unspecified atom stereocenters. The maximum Gasteiger partial charge on any atom is 0.224 e. The summed E-state index contributed by atoms with van der Waals surface area (Å²) in [7, 11) is 1.93. The summed E-state index contributed by atoms with van der Waals surface area (Å²) in [5.41, 5.74) is 3.25. The van der Waals surface area contributed by atoms with Crippen molar-refractivity contribution in [3.8, 4) is 0 Å². The van der Waals surface area contributed by atoms with Crippen molar-refractivity contribution in [1.82, 2.24) is 20.4 Å². The standard InChI is InChI=1S/C14H24N4O/c1-9-5-6-12(7-15-9)14(19)16-8-13-10(2)17-18(4)11(13)3/h9,12,15H,5-8H2,1-4H3,(H,16,19). The van der Waals surface area contributed by atoms with Gasteiger partial charge in [-0.15, -0.1) is 0 Å². The number of carbonyl (C=O) groups is 1. The van der Waals surface area contributed by atoms with Crippen LogP contribution in [0.4, 0.5) is 0 Å². The number of piperidine rings is 1. The Morgan fingerprint density at radius 3 is 2.74 bits per heavy atom. The van der Waals surface area contributed by atoms with Crippen LogP contribution in [-0.4, -0.2) is 28.3 Å². The Balaban J connectivity index is 1.90. The first-order valence-electron chi connectivity index (χ1n) is 6.99. The number of carbonyl (C=O) groups excluding carboxylic acids is 1. The summed E-state index contributed by atoms with van der Waals surface area (Å²) < 4.78 is 1.86. The van der Waals surface area contributed by atoms with E-state index < -0.39 is 0 Å². The molecule has 1 amide bonds. The fraction of sp³-hybridized carbons (Fsp3) is 0.714. The number of hydrogen-bond acceptors (Lipinski definition) is 3. The first kappa shape index (κ1) is 14.1. The molecule has 2 N–H and O–H groups in total. The van der Waals surface area contributed by atoms with Crippen LogP contribution in [0, 0.1) is 19.8 Å². The molecule has 0 saturated carbocycles. The molecule has 1 aromatic rings. The minimum atomic E-state index is 0.105. The zero-order valence-electron chi connectivity index (χ0n) is 12.3. The van der Waals surface area contributed by atoms with Crippen LogP contribution in [0.2, 0.25) is 0 Å². The number of amides is 1. The van der Waals surface area contributed by atoms with Gasteiger partial charge in [-0.25, -0.2) is 0 Å². The summed E-state index contributed by atoms with van der Waals surface area (Å²) in [4.78, 5) is 12.1. The molecule has 5 heteroatoms. The fourth-order valence-corrected chi connectivity index (χ4v) is 2.62. The molecule has 1 saturated heterocycles. The third-order valence-corrected chi connectivity index (χ3v) is 4.13. The molecule has 19 heavy (non-hydrogen) atoms. The minimum Gasteiger partial charge on any atom is -0.352 e. The second kappa shape index (κ2) is 5.74. The van der Waals surface area contributed by atoms with Gasteiger partial charge in [-0.1, -0.05) is 0 Å². The fourth-order valence-electron chi connectivity index (χ4n) is 2.62. The van der Waals surface area contributed by atoms with E-state index >= 15 is 0 Å². The van der Waals surface area contributed by atoms with E-state index in [-0.39, 0.29) is 11.8 Å². The van der Waals surface area contributed by atoms with E-state index in [0.717, 1.165) is 36.3 Å². The number of hydrogen-bond donors (Lipinski definition) is 2. The van der Waals surface area contributed by atoms with Crippen LogP contribution in [0.15, 0.2) is 0 Å². The Bertz CT molecular complexity index is 458. The molecule has 0 aromatic carbocycles. The SMILES string of the molecule is Cc1nn(C)c(C)c1CNC(=O)C1CCC(C)NC1. The van der Waals surface area contributed by atoms with Gasteiger partial charge in [0.2, 0.25) is 5.91 Å². The van der Waals surface area contributed by atoms with Gasteiger partial charge in [0, 0.05) is 37.4 Å². The smallest absolute Gasteiger partial charge is 0.224 e. The van der Waals surface area contributed by atoms with Crippen molar-refractivity contribution in [2.45, 2.75) is 46.2 Å². The normalized spacial score (nSPS) is 23.4. The first-order valence-corrected chi connectivity index (χ1v) is 6.99. The summed E-state index contributed by atoms with van der Waals surface area (Å²) >= 11 is 0. The Hall–Kier alpha value is -1.36. The maximum absolute atomic E-state index is 12.1. The van der Waals surface area contributed by atoms with Crippen LogP contribution in [-0.2, 0) is 18.4 Å². The van der Waals surface area contributed by atoms with Gasteiger partial charge in [-0.05, 0) is 33.6 Å². The number of rotatable bonds is 3. The first-order chi connectivity index (χ1) is 8.99. The quantitative estimate of drug-likeness (QED) is 0.857. The van der Waals surface area contributed by atoms with E-state index in [1.165, 1.54) is 0 Å². The summed E-state index contributed by atoms with van der Waals surface area (Å²) in [5, 5.41) is 10.8. The molecule has 2 rings (SSSR count).